The first-order valence-corrected chi connectivity index (χ1v) is 15.5. The van der Waals surface area contributed by atoms with Crippen LogP contribution in [0, 0.1) is 0 Å². The zero-order chi connectivity index (χ0) is 31.4. The van der Waals surface area contributed by atoms with Crippen molar-refractivity contribution in [3.05, 3.63) is 83.8 Å². The Balaban J connectivity index is 1.24. The van der Waals surface area contributed by atoms with E-state index < -0.39 is 6.09 Å². The Bertz CT molecular complexity index is 1370. The zero-order valence-electron chi connectivity index (χ0n) is 25.6. The van der Waals surface area contributed by atoms with E-state index in [1.54, 1.807) is 4.57 Å². The fourth-order valence-electron chi connectivity index (χ4n) is 4.78. The lowest BCUT2D eigenvalue weighted by Crippen LogP contribution is -2.41. The number of fused-ring (bicyclic) bond motifs is 1. The first kappa shape index (κ1) is 34.2. The van der Waals surface area contributed by atoms with E-state index in [0.717, 1.165) is 44.9 Å². The highest BCUT2D eigenvalue weighted by molar-refractivity contribution is 5.75. The van der Waals surface area contributed by atoms with Gasteiger partial charge in [-0.05, 0) is 57.8 Å². The van der Waals surface area contributed by atoms with Crippen molar-refractivity contribution in [2.45, 2.75) is 83.5 Å². The molecule has 0 radical (unpaired) electrons. The van der Waals surface area contributed by atoms with Crippen molar-refractivity contribution in [3.8, 4) is 0 Å². The number of carboxylic acid groups (broad SMARTS) is 1. The van der Waals surface area contributed by atoms with Gasteiger partial charge in [-0.1, -0.05) is 67.7 Å². The second-order valence-electron chi connectivity index (χ2n) is 10.5. The van der Waals surface area contributed by atoms with Crippen molar-refractivity contribution in [1.82, 2.24) is 29.7 Å². The number of H-pyrrole nitrogens is 1. The fraction of sp³-hybridized carbons (Fsp3) is 0.485. The van der Waals surface area contributed by atoms with E-state index in [1.165, 1.54) is 17.6 Å². The molecule has 0 aliphatic carbocycles. The van der Waals surface area contributed by atoms with Gasteiger partial charge < -0.3 is 25.0 Å². The van der Waals surface area contributed by atoms with Crippen molar-refractivity contribution in [3.63, 3.8) is 0 Å². The molecule has 2 amide bonds. The van der Waals surface area contributed by atoms with Crippen molar-refractivity contribution < 1.29 is 19.4 Å². The van der Waals surface area contributed by atoms with Crippen LogP contribution in [0.3, 0.4) is 0 Å². The van der Waals surface area contributed by atoms with E-state index in [1.807, 2.05) is 0 Å². The Labute approximate surface area is 259 Å². The molecule has 11 heteroatoms. The number of nitrogens with zero attached hydrogens (tertiary/aromatic N) is 4. The third kappa shape index (κ3) is 12.2. The minimum Gasteiger partial charge on any atom is -0.465 e. The number of amides is 2. The third-order valence-corrected chi connectivity index (χ3v) is 7.09. The van der Waals surface area contributed by atoms with E-state index in [-0.39, 0.29) is 48.9 Å². The van der Waals surface area contributed by atoms with E-state index in [0.29, 0.717) is 24.9 Å². The number of carbonyl (C=O) groups excluding carboxylic acids is 1. The van der Waals surface area contributed by atoms with Gasteiger partial charge in [-0.25, -0.2) is 14.8 Å². The summed E-state index contributed by atoms with van der Waals surface area (Å²) in [7, 11) is 0. The number of imidazole rings is 1. The van der Waals surface area contributed by atoms with Gasteiger partial charge in [0, 0.05) is 19.5 Å². The smallest absolute Gasteiger partial charge is 0.407 e. The Morgan fingerprint density at radius 2 is 1.68 bits per heavy atom. The molecule has 1 aliphatic heterocycles. The Morgan fingerprint density at radius 1 is 1.02 bits per heavy atom. The molecule has 44 heavy (non-hydrogen) atoms. The monoisotopic (exact) mass is 606 g/mol. The summed E-state index contributed by atoms with van der Waals surface area (Å²) in [6.07, 6.45) is 30.8. The number of rotatable bonds is 19. The number of carbonyl (C=O) groups is 2. The maximum atomic E-state index is 12.2. The predicted octanol–water partition coefficient (Wildman–Crippen LogP) is 5.82. The summed E-state index contributed by atoms with van der Waals surface area (Å²) in [5.41, 5.74) is 0.343. The topological polar surface area (TPSA) is 142 Å². The molecule has 1 aliphatic rings. The summed E-state index contributed by atoms with van der Waals surface area (Å²) in [5.74, 6) is -0.0886. The van der Waals surface area contributed by atoms with Crippen molar-refractivity contribution >= 4 is 23.2 Å². The van der Waals surface area contributed by atoms with Crippen molar-refractivity contribution in [2.24, 2.45) is 0 Å². The molecule has 1 fully saturated rings. The van der Waals surface area contributed by atoms with Crippen LogP contribution in [0.15, 0.2) is 78.2 Å². The largest absolute Gasteiger partial charge is 0.465 e. The maximum Gasteiger partial charge on any atom is 0.407 e. The van der Waals surface area contributed by atoms with Crippen LogP contribution in [-0.2, 0) is 9.53 Å². The molecule has 0 bridgehead atoms. The first-order valence-electron chi connectivity index (χ1n) is 15.5. The van der Waals surface area contributed by atoms with Gasteiger partial charge in [0.1, 0.15) is 6.23 Å². The molecule has 238 valence electrons. The molecule has 0 unspecified atom stereocenters. The van der Waals surface area contributed by atoms with Crippen molar-refractivity contribution in [1.29, 1.82) is 0 Å². The molecule has 11 nitrogen and oxygen atoms in total. The molecule has 1 saturated heterocycles. The van der Waals surface area contributed by atoms with E-state index in [4.69, 9.17) is 4.74 Å². The summed E-state index contributed by atoms with van der Waals surface area (Å²) < 4.78 is 7.77. The van der Waals surface area contributed by atoms with Crippen LogP contribution >= 0.6 is 0 Å². The normalized spacial score (nSPS) is 17.4. The second kappa shape index (κ2) is 19.8. The van der Waals surface area contributed by atoms with Gasteiger partial charge in [0.15, 0.2) is 11.2 Å². The van der Waals surface area contributed by atoms with Gasteiger partial charge in [0.05, 0.1) is 25.3 Å². The molecule has 0 spiro atoms. The lowest BCUT2D eigenvalue weighted by atomic mass is 10.2. The SMILES string of the molecule is CCC=CCC=CCC=CCC=CCC=CCCCC(=O)NCCN(C[C@@H]1CC[C@H](n2cnc3c(=O)[nH]cnc32)O1)C(=O)O. The molecule has 2 aromatic heterocycles. The summed E-state index contributed by atoms with van der Waals surface area (Å²) in [5, 5.41) is 12.5. The lowest BCUT2D eigenvalue weighted by molar-refractivity contribution is -0.121. The quantitative estimate of drug-likeness (QED) is 0.135. The summed E-state index contributed by atoms with van der Waals surface area (Å²) >= 11 is 0. The number of ether oxygens (including phenoxy) is 1. The van der Waals surface area contributed by atoms with Crippen LogP contribution in [0.25, 0.3) is 11.2 Å². The number of hydrogen-bond acceptors (Lipinski definition) is 6. The number of unbranched alkanes of at least 4 members (excludes halogenated alkanes) is 1. The minimum atomic E-state index is -1.06. The Morgan fingerprint density at radius 3 is 2.34 bits per heavy atom. The van der Waals surface area contributed by atoms with E-state index >= 15 is 0 Å². The van der Waals surface area contributed by atoms with Crippen molar-refractivity contribution in [2.75, 3.05) is 19.6 Å². The molecule has 3 N–H and O–H groups in total. The predicted molar refractivity (Wildman–Crippen MR) is 172 cm³/mol. The number of allylic oxidation sites excluding steroid dienone is 10. The average molecular weight is 607 g/mol. The summed E-state index contributed by atoms with van der Waals surface area (Å²) in [6.45, 7) is 2.73. The van der Waals surface area contributed by atoms with Crippen LogP contribution in [0.2, 0.25) is 0 Å². The first-order chi connectivity index (χ1) is 21.5. The molecule has 2 atom stereocenters. The number of hydrogen-bond donors (Lipinski definition) is 3. The number of nitrogens with one attached hydrogen (secondary N) is 2. The zero-order valence-corrected chi connectivity index (χ0v) is 25.6. The maximum absolute atomic E-state index is 12.2. The Kier molecular flexibility index (Phi) is 15.4. The van der Waals surface area contributed by atoms with Gasteiger partial charge in [-0.15, -0.1) is 0 Å². The molecule has 2 aromatic rings. The van der Waals surface area contributed by atoms with Crippen LogP contribution in [0.4, 0.5) is 4.79 Å². The molecule has 0 aromatic carbocycles. The Hall–Kier alpha value is -4.25. The van der Waals surface area contributed by atoms with Crippen LogP contribution in [0.5, 0.6) is 0 Å². The molecular weight excluding hydrogens is 560 g/mol. The van der Waals surface area contributed by atoms with Gasteiger partial charge >= 0.3 is 6.09 Å². The van der Waals surface area contributed by atoms with Gasteiger partial charge in [-0.2, -0.15) is 0 Å². The van der Waals surface area contributed by atoms with Crippen LogP contribution < -0.4 is 10.9 Å². The minimum absolute atomic E-state index is 0.0886. The van der Waals surface area contributed by atoms with Crippen LogP contribution in [-0.4, -0.2) is 67.3 Å². The molecular formula is C33H46N6O5. The second-order valence-corrected chi connectivity index (χ2v) is 10.5. The number of aromatic nitrogens is 4. The van der Waals surface area contributed by atoms with E-state index in [2.05, 4.69) is 88.0 Å². The van der Waals surface area contributed by atoms with Gasteiger partial charge in [0.25, 0.3) is 5.56 Å². The average Bonchev–Trinajstić information content (AvgIpc) is 3.66. The van der Waals surface area contributed by atoms with Gasteiger partial charge in [0.2, 0.25) is 5.91 Å². The fourth-order valence-corrected chi connectivity index (χ4v) is 4.78. The molecule has 0 saturated carbocycles. The lowest BCUT2D eigenvalue weighted by Gasteiger charge is -2.23. The highest BCUT2D eigenvalue weighted by Gasteiger charge is 2.30. The molecule has 3 heterocycles. The van der Waals surface area contributed by atoms with E-state index in [9.17, 15) is 19.5 Å². The summed E-state index contributed by atoms with van der Waals surface area (Å²) in [4.78, 5) is 48.0. The van der Waals surface area contributed by atoms with Crippen LogP contribution in [0.1, 0.15) is 77.4 Å². The van der Waals surface area contributed by atoms with Gasteiger partial charge in [-0.3, -0.25) is 14.2 Å². The molecule has 3 rings (SSSR count). The highest BCUT2D eigenvalue weighted by Crippen LogP contribution is 2.30. The number of aromatic amines is 1. The highest BCUT2D eigenvalue weighted by atomic mass is 16.5. The summed E-state index contributed by atoms with van der Waals surface area (Å²) in [6, 6.07) is 0. The third-order valence-electron chi connectivity index (χ3n) is 7.09. The standard InChI is InChI=1S/C33H46N6O5/c1-2-3-4-5-6-7-8-9-10-11-12-13-14-15-16-17-18-19-28(40)34-22-23-38(33(42)43)24-27-20-21-29(44-27)39-26-37-30-31(39)35-25-36-32(30)41/h3-4,6-7,9-10,12-13,15-16,25-27,29H,2,5,8,11,14,17-24H2,1H3,(H,34,40)(H,42,43)(H,35,36,41)/t27-,29+/m0/s1.